The Morgan fingerprint density at radius 1 is 0.867 bits per heavy atom. The molecular weight excluding hydrogens is 554 g/mol. The first-order valence-electron chi connectivity index (χ1n) is 15.5. The van der Waals surface area contributed by atoms with Crippen LogP contribution in [0.1, 0.15) is 35.5 Å². The van der Waals surface area contributed by atoms with Crippen LogP contribution in [0.5, 0.6) is 0 Å². The summed E-state index contributed by atoms with van der Waals surface area (Å²) in [6, 6.07) is 19.5. The quantitative estimate of drug-likeness (QED) is 0.274. The zero-order valence-corrected chi connectivity index (χ0v) is 25.1. The van der Waals surface area contributed by atoms with E-state index in [2.05, 4.69) is 118 Å². The summed E-state index contributed by atoms with van der Waals surface area (Å²) >= 11 is 0. The summed E-state index contributed by atoms with van der Waals surface area (Å²) in [6.07, 6.45) is 21.4. The smallest absolute Gasteiger partial charge is 0.115 e. The van der Waals surface area contributed by atoms with Crippen LogP contribution in [0, 0.1) is 0 Å². The molecule has 0 bridgehead atoms. The molecule has 0 spiro atoms. The Morgan fingerprint density at radius 3 is 2.51 bits per heavy atom. The van der Waals surface area contributed by atoms with E-state index in [9.17, 15) is 0 Å². The van der Waals surface area contributed by atoms with E-state index in [-0.39, 0.29) is 18.2 Å². The Balaban J connectivity index is 1.01. The summed E-state index contributed by atoms with van der Waals surface area (Å²) in [7, 11) is 0. The molecule has 0 saturated carbocycles. The van der Waals surface area contributed by atoms with Crippen LogP contribution in [0.2, 0.25) is 0 Å². The van der Waals surface area contributed by atoms with Gasteiger partial charge in [0.2, 0.25) is 0 Å². The fourth-order valence-corrected chi connectivity index (χ4v) is 6.55. The van der Waals surface area contributed by atoms with Crippen molar-refractivity contribution in [1.29, 1.82) is 0 Å². The average Bonchev–Trinajstić information content (AvgIpc) is 3.54. The average molecular weight is 590 g/mol. The van der Waals surface area contributed by atoms with Crippen LogP contribution in [0.25, 0.3) is 27.7 Å². The van der Waals surface area contributed by atoms with Gasteiger partial charge < -0.3 is 11.1 Å². The molecule has 3 aromatic rings. The molecule has 0 amide bonds. The molecule has 6 N–H and O–H groups in total. The lowest BCUT2D eigenvalue weighted by atomic mass is 9.88. The predicted molar refractivity (Wildman–Crippen MR) is 185 cm³/mol. The van der Waals surface area contributed by atoms with Gasteiger partial charge in [-0.15, -0.1) is 0 Å². The third-order valence-electron chi connectivity index (χ3n) is 9.00. The van der Waals surface area contributed by atoms with E-state index in [4.69, 9.17) is 15.7 Å². The number of aliphatic imine (C=N–C) groups is 1. The van der Waals surface area contributed by atoms with Gasteiger partial charge in [0.15, 0.2) is 0 Å². The normalized spacial score (nSPS) is 22.8. The molecule has 5 aliphatic rings. The summed E-state index contributed by atoms with van der Waals surface area (Å²) < 4.78 is 0. The molecule has 8 rings (SSSR count). The SMILES string of the molecule is C/C=C\C1=C(N)C2N=CC(c3ccc(C4=CC5NC(c6ccc7ccc(C8NCNCN8)nc7c6)=CC=C5C=C4)cc3)=C2C=C1. The predicted octanol–water partition coefficient (Wildman–Crippen LogP) is 5.39. The highest BCUT2D eigenvalue weighted by molar-refractivity contribution is 6.14. The van der Waals surface area contributed by atoms with E-state index in [0.29, 0.717) is 0 Å². The van der Waals surface area contributed by atoms with Crippen molar-refractivity contribution in [3.8, 4) is 0 Å². The van der Waals surface area contributed by atoms with Crippen LogP contribution in [0.15, 0.2) is 137 Å². The minimum atomic E-state index is -0.103. The highest BCUT2D eigenvalue weighted by atomic mass is 15.3. The summed E-state index contributed by atoms with van der Waals surface area (Å²) in [5, 5.41) is 15.0. The number of rotatable bonds is 5. The maximum absolute atomic E-state index is 6.46. The van der Waals surface area contributed by atoms with E-state index in [1.807, 2.05) is 25.3 Å². The van der Waals surface area contributed by atoms with Crippen molar-refractivity contribution in [3.63, 3.8) is 0 Å². The van der Waals surface area contributed by atoms with Crippen molar-refractivity contribution < 1.29 is 0 Å². The van der Waals surface area contributed by atoms with Crippen LogP contribution in [-0.4, -0.2) is 36.6 Å². The van der Waals surface area contributed by atoms with Gasteiger partial charge in [-0.25, -0.2) is 4.98 Å². The van der Waals surface area contributed by atoms with Gasteiger partial charge in [-0.1, -0.05) is 91.1 Å². The molecule has 4 heterocycles. The molecule has 2 unspecified atom stereocenters. The molecule has 0 radical (unpaired) electrons. The standard InChI is InChI=1S/C38H35N7/c1-2-3-27-12-15-30-31(20-41-37(30)36(27)39)24-6-4-23(5-7-24)28-10-8-25-13-16-32(44-34(25)18-28)29-11-9-26-14-17-33(45-35(26)19-29)38-42-21-40-22-43-38/h2-20,34,37-38,40,42-44H,21-22,39H2,1H3/b3-2-. The van der Waals surface area contributed by atoms with E-state index in [0.717, 1.165) is 69.2 Å². The topological polar surface area (TPSA) is 99.4 Å². The third-order valence-corrected chi connectivity index (χ3v) is 9.00. The lowest BCUT2D eigenvalue weighted by molar-refractivity contribution is 0.339. The van der Waals surface area contributed by atoms with Gasteiger partial charge in [0.1, 0.15) is 12.2 Å². The number of nitrogens with one attached hydrogen (secondary N) is 4. The zero-order chi connectivity index (χ0) is 30.3. The lowest BCUT2D eigenvalue weighted by Crippen LogP contribution is -2.50. The minimum Gasteiger partial charge on any atom is -0.400 e. The van der Waals surface area contributed by atoms with Gasteiger partial charge in [0, 0.05) is 41.9 Å². The monoisotopic (exact) mass is 589 g/mol. The molecule has 3 aliphatic heterocycles. The Kier molecular flexibility index (Phi) is 6.99. The van der Waals surface area contributed by atoms with Gasteiger partial charge in [-0.05, 0) is 64.1 Å². The molecule has 45 heavy (non-hydrogen) atoms. The fourth-order valence-electron chi connectivity index (χ4n) is 6.55. The first-order chi connectivity index (χ1) is 22.1. The number of fused-ring (bicyclic) bond motifs is 3. The number of allylic oxidation sites excluding steroid dienone is 9. The van der Waals surface area contributed by atoms with Crippen molar-refractivity contribution in [2.24, 2.45) is 10.7 Å². The Hall–Kier alpha value is -5.08. The first-order valence-corrected chi connectivity index (χ1v) is 15.5. The lowest BCUT2D eigenvalue weighted by Gasteiger charge is -2.27. The Bertz CT molecular complexity index is 1980. The molecule has 1 saturated heterocycles. The van der Waals surface area contributed by atoms with Crippen molar-refractivity contribution in [2.45, 2.75) is 25.2 Å². The molecule has 7 nitrogen and oxygen atoms in total. The summed E-state index contributed by atoms with van der Waals surface area (Å²) in [5.41, 5.74) is 19.6. The van der Waals surface area contributed by atoms with Crippen molar-refractivity contribution in [3.05, 3.63) is 154 Å². The molecule has 1 fully saturated rings. The fraction of sp³-hybridized carbons (Fsp3) is 0.158. The minimum absolute atomic E-state index is 0.0421. The van der Waals surface area contributed by atoms with E-state index in [1.165, 1.54) is 16.7 Å². The van der Waals surface area contributed by atoms with Crippen molar-refractivity contribution >= 4 is 34.0 Å². The highest BCUT2D eigenvalue weighted by Gasteiger charge is 2.27. The number of nitrogens with zero attached hydrogens (tertiary/aromatic N) is 2. The molecule has 2 atom stereocenters. The summed E-state index contributed by atoms with van der Waals surface area (Å²) in [6.45, 7) is 3.52. The van der Waals surface area contributed by atoms with Gasteiger partial charge >= 0.3 is 0 Å². The van der Waals surface area contributed by atoms with Gasteiger partial charge in [-0.2, -0.15) is 0 Å². The summed E-state index contributed by atoms with van der Waals surface area (Å²) in [4.78, 5) is 9.73. The molecule has 2 aliphatic carbocycles. The number of aromatic nitrogens is 1. The molecule has 1 aromatic heterocycles. The summed E-state index contributed by atoms with van der Waals surface area (Å²) in [5.74, 6) is 0. The maximum Gasteiger partial charge on any atom is 0.115 e. The zero-order valence-electron chi connectivity index (χ0n) is 25.1. The second-order valence-electron chi connectivity index (χ2n) is 11.8. The largest absolute Gasteiger partial charge is 0.400 e. The van der Waals surface area contributed by atoms with Gasteiger partial charge in [0.25, 0.3) is 0 Å². The second-order valence-corrected chi connectivity index (χ2v) is 11.8. The molecule has 2 aromatic carbocycles. The molecular formula is C38H35N7. The van der Waals surface area contributed by atoms with Crippen molar-refractivity contribution in [2.75, 3.05) is 13.3 Å². The number of nitrogens with two attached hydrogens (primary N) is 1. The molecule has 7 heteroatoms. The number of benzene rings is 2. The van der Waals surface area contributed by atoms with Crippen LogP contribution in [-0.2, 0) is 0 Å². The van der Waals surface area contributed by atoms with Crippen LogP contribution >= 0.6 is 0 Å². The first kappa shape index (κ1) is 27.5. The van der Waals surface area contributed by atoms with Crippen LogP contribution < -0.4 is 27.0 Å². The number of hydrogen-bond donors (Lipinski definition) is 5. The van der Waals surface area contributed by atoms with E-state index < -0.39 is 0 Å². The third kappa shape index (κ3) is 5.11. The van der Waals surface area contributed by atoms with E-state index >= 15 is 0 Å². The van der Waals surface area contributed by atoms with Gasteiger partial charge in [0.05, 0.1) is 17.3 Å². The number of pyridine rings is 1. The van der Waals surface area contributed by atoms with Crippen molar-refractivity contribution in [1.82, 2.24) is 26.3 Å². The van der Waals surface area contributed by atoms with Gasteiger partial charge in [-0.3, -0.25) is 20.9 Å². The Labute approximate surface area is 263 Å². The number of dihydropyridines is 1. The van der Waals surface area contributed by atoms with Crippen LogP contribution in [0.4, 0.5) is 0 Å². The highest BCUT2D eigenvalue weighted by Crippen LogP contribution is 2.35. The maximum atomic E-state index is 6.46. The number of hydrogen-bond acceptors (Lipinski definition) is 7. The van der Waals surface area contributed by atoms with E-state index in [1.54, 1.807) is 0 Å². The second kappa shape index (κ2) is 11.4. The Morgan fingerprint density at radius 2 is 1.67 bits per heavy atom. The molecule has 222 valence electrons. The van der Waals surface area contributed by atoms with Crippen LogP contribution in [0.3, 0.4) is 0 Å².